The molecule has 6 heteroatoms. The molecular formula is C13H24N4OS. The smallest absolute Gasteiger partial charge is 0.265 e. The number of nitrogen functional groups attached to an aromatic ring is 1. The van der Waals surface area contributed by atoms with Gasteiger partial charge in [-0.3, -0.25) is 4.79 Å². The highest BCUT2D eigenvalue weighted by atomic mass is 32.1. The Balaban J connectivity index is 2.51. The van der Waals surface area contributed by atoms with Crippen LogP contribution in [0.25, 0.3) is 0 Å². The van der Waals surface area contributed by atoms with Crippen LogP contribution < -0.4 is 16.4 Å². The molecule has 0 saturated heterocycles. The molecule has 1 heterocycles. The summed E-state index contributed by atoms with van der Waals surface area (Å²) in [6.45, 7) is 5.05. The number of carbonyl (C=O) groups excluding carboxylic acids is 1. The van der Waals surface area contributed by atoms with Crippen LogP contribution in [0.2, 0.25) is 0 Å². The van der Waals surface area contributed by atoms with Gasteiger partial charge in [0.1, 0.15) is 10.7 Å². The van der Waals surface area contributed by atoms with Gasteiger partial charge in [0.15, 0.2) is 5.13 Å². The number of thiazole rings is 1. The maximum absolute atomic E-state index is 12.0. The van der Waals surface area contributed by atoms with E-state index >= 15 is 0 Å². The van der Waals surface area contributed by atoms with E-state index in [1.54, 1.807) is 7.05 Å². The highest BCUT2D eigenvalue weighted by Gasteiger charge is 2.16. The number of hydrogen-bond acceptors (Lipinski definition) is 5. The van der Waals surface area contributed by atoms with Gasteiger partial charge in [0.2, 0.25) is 0 Å². The molecule has 1 atom stereocenters. The third kappa shape index (κ3) is 4.70. The lowest BCUT2D eigenvalue weighted by Gasteiger charge is -2.14. The number of nitrogens with two attached hydrogens (primary N) is 1. The molecule has 108 valence electrons. The topological polar surface area (TPSA) is 80.0 Å². The van der Waals surface area contributed by atoms with Gasteiger partial charge in [0.05, 0.1) is 0 Å². The van der Waals surface area contributed by atoms with Crippen molar-refractivity contribution in [1.82, 2.24) is 10.3 Å². The van der Waals surface area contributed by atoms with Crippen molar-refractivity contribution in [3.05, 3.63) is 4.88 Å². The summed E-state index contributed by atoms with van der Waals surface area (Å²) in [6, 6.07) is 0. The molecule has 0 spiro atoms. The highest BCUT2D eigenvalue weighted by Crippen LogP contribution is 2.24. The second-order valence-electron chi connectivity index (χ2n) is 4.61. The molecule has 4 N–H and O–H groups in total. The van der Waals surface area contributed by atoms with Crippen LogP contribution in [0.3, 0.4) is 0 Å². The average Bonchev–Trinajstić information content (AvgIpc) is 2.80. The molecule has 0 bridgehead atoms. The molecule has 0 aliphatic rings. The second kappa shape index (κ2) is 7.99. The average molecular weight is 284 g/mol. The van der Waals surface area contributed by atoms with E-state index < -0.39 is 0 Å². The Bertz CT molecular complexity index is 405. The van der Waals surface area contributed by atoms with E-state index in [9.17, 15) is 4.79 Å². The number of rotatable bonds is 8. The number of nitrogens with one attached hydrogen (secondary N) is 2. The lowest BCUT2D eigenvalue weighted by atomic mass is 9.99. The van der Waals surface area contributed by atoms with E-state index in [1.807, 2.05) is 0 Å². The van der Waals surface area contributed by atoms with Crippen molar-refractivity contribution in [2.24, 2.45) is 5.92 Å². The largest absolute Gasteiger partial charge is 0.382 e. The van der Waals surface area contributed by atoms with Gasteiger partial charge in [-0.05, 0) is 12.3 Å². The minimum Gasteiger partial charge on any atom is -0.382 e. The number of nitrogens with zero attached hydrogens (tertiary/aromatic N) is 1. The number of anilines is 2. The van der Waals surface area contributed by atoms with Gasteiger partial charge < -0.3 is 16.4 Å². The molecule has 0 fully saturated rings. The Morgan fingerprint density at radius 3 is 2.74 bits per heavy atom. The quantitative estimate of drug-likeness (QED) is 0.685. The summed E-state index contributed by atoms with van der Waals surface area (Å²) < 4.78 is 0. The molecule has 1 amide bonds. The van der Waals surface area contributed by atoms with E-state index in [-0.39, 0.29) is 5.91 Å². The number of aromatic nitrogens is 1. The maximum Gasteiger partial charge on any atom is 0.265 e. The molecule has 0 saturated carbocycles. The summed E-state index contributed by atoms with van der Waals surface area (Å²) in [4.78, 5) is 16.6. The Kier molecular flexibility index (Phi) is 6.62. The zero-order chi connectivity index (χ0) is 14.3. The number of unbranched alkanes of at least 4 members (excludes halogenated alkanes) is 1. The fraction of sp³-hybridized carbons (Fsp3) is 0.692. The number of carbonyl (C=O) groups is 1. The third-order valence-electron chi connectivity index (χ3n) is 3.17. The van der Waals surface area contributed by atoms with E-state index in [1.165, 1.54) is 24.2 Å². The summed E-state index contributed by atoms with van der Waals surface area (Å²) in [5.41, 5.74) is 5.74. The van der Waals surface area contributed by atoms with Crippen LogP contribution in [0.15, 0.2) is 0 Å². The normalized spacial score (nSPS) is 12.2. The van der Waals surface area contributed by atoms with Gasteiger partial charge in [-0.1, -0.05) is 44.4 Å². The Morgan fingerprint density at radius 1 is 1.47 bits per heavy atom. The molecule has 0 aliphatic heterocycles. The van der Waals surface area contributed by atoms with Crippen LogP contribution in [0.5, 0.6) is 0 Å². The van der Waals surface area contributed by atoms with Gasteiger partial charge in [-0.2, -0.15) is 0 Å². The van der Waals surface area contributed by atoms with Crippen LogP contribution >= 0.6 is 11.3 Å². The van der Waals surface area contributed by atoms with Crippen LogP contribution in [0.4, 0.5) is 10.9 Å². The molecule has 19 heavy (non-hydrogen) atoms. The Hall–Kier alpha value is -1.30. The SMILES string of the molecule is CCCCC(CC)CNC(=O)c1sc(NC)nc1N. The summed E-state index contributed by atoms with van der Waals surface area (Å²) in [5.74, 6) is 0.724. The van der Waals surface area contributed by atoms with Gasteiger partial charge in [-0.25, -0.2) is 4.98 Å². The molecule has 1 aromatic rings. The molecule has 0 radical (unpaired) electrons. The second-order valence-corrected chi connectivity index (χ2v) is 5.61. The molecular weight excluding hydrogens is 260 g/mol. The highest BCUT2D eigenvalue weighted by molar-refractivity contribution is 7.18. The molecule has 0 aromatic carbocycles. The van der Waals surface area contributed by atoms with Crippen LogP contribution in [0, 0.1) is 5.92 Å². The summed E-state index contributed by atoms with van der Waals surface area (Å²) in [7, 11) is 1.76. The van der Waals surface area contributed by atoms with Crippen molar-refractivity contribution in [2.45, 2.75) is 39.5 Å². The van der Waals surface area contributed by atoms with Gasteiger partial charge in [0.25, 0.3) is 5.91 Å². The Morgan fingerprint density at radius 2 is 2.21 bits per heavy atom. The summed E-state index contributed by atoms with van der Waals surface area (Å²) in [6.07, 6.45) is 4.65. The van der Waals surface area contributed by atoms with Crippen molar-refractivity contribution in [3.8, 4) is 0 Å². The third-order valence-corrected chi connectivity index (χ3v) is 4.26. The molecule has 5 nitrogen and oxygen atoms in total. The molecule has 1 aromatic heterocycles. The molecule has 1 rings (SSSR count). The van der Waals surface area contributed by atoms with Gasteiger partial charge >= 0.3 is 0 Å². The number of hydrogen-bond donors (Lipinski definition) is 3. The van der Waals surface area contributed by atoms with Crippen LogP contribution in [-0.4, -0.2) is 24.5 Å². The van der Waals surface area contributed by atoms with Crippen molar-refractivity contribution in [2.75, 3.05) is 24.6 Å². The fourth-order valence-electron chi connectivity index (χ4n) is 1.86. The van der Waals surface area contributed by atoms with E-state index in [4.69, 9.17) is 5.73 Å². The van der Waals surface area contributed by atoms with E-state index in [0.29, 0.717) is 28.3 Å². The minimum absolute atomic E-state index is 0.119. The van der Waals surface area contributed by atoms with Crippen LogP contribution in [0.1, 0.15) is 49.2 Å². The van der Waals surface area contributed by atoms with Gasteiger partial charge in [0, 0.05) is 13.6 Å². The standard InChI is InChI=1S/C13H24N4OS/c1-4-6-7-9(5-2)8-16-12(18)10-11(14)17-13(15-3)19-10/h9H,4-8,14H2,1-3H3,(H,15,17)(H,16,18). The Labute approximate surface area is 119 Å². The van der Waals surface area contributed by atoms with Crippen LogP contribution in [-0.2, 0) is 0 Å². The monoisotopic (exact) mass is 284 g/mol. The molecule has 0 aliphatic carbocycles. The first kappa shape index (κ1) is 15.8. The van der Waals surface area contributed by atoms with Crippen molar-refractivity contribution >= 4 is 28.2 Å². The summed E-state index contributed by atoms with van der Waals surface area (Å²) in [5, 5.41) is 6.52. The van der Waals surface area contributed by atoms with Gasteiger partial charge in [-0.15, -0.1) is 0 Å². The number of amides is 1. The van der Waals surface area contributed by atoms with E-state index in [2.05, 4.69) is 29.5 Å². The first-order valence-electron chi connectivity index (χ1n) is 6.84. The van der Waals surface area contributed by atoms with Crippen molar-refractivity contribution in [1.29, 1.82) is 0 Å². The maximum atomic E-state index is 12.0. The first-order valence-corrected chi connectivity index (χ1v) is 7.66. The predicted octanol–water partition coefficient (Wildman–Crippen LogP) is 2.71. The zero-order valence-corrected chi connectivity index (χ0v) is 12.8. The van der Waals surface area contributed by atoms with Crippen molar-refractivity contribution < 1.29 is 4.79 Å². The lowest BCUT2D eigenvalue weighted by Crippen LogP contribution is -2.29. The fourth-order valence-corrected chi connectivity index (χ4v) is 2.62. The van der Waals surface area contributed by atoms with Crippen molar-refractivity contribution in [3.63, 3.8) is 0 Å². The predicted molar refractivity (Wildman–Crippen MR) is 81.7 cm³/mol. The minimum atomic E-state index is -0.119. The molecule has 1 unspecified atom stereocenters. The zero-order valence-electron chi connectivity index (χ0n) is 12.0. The van der Waals surface area contributed by atoms with E-state index in [0.717, 1.165) is 12.8 Å². The summed E-state index contributed by atoms with van der Waals surface area (Å²) >= 11 is 1.29. The first-order chi connectivity index (χ1) is 9.12. The lowest BCUT2D eigenvalue weighted by molar-refractivity contribution is 0.0950.